The topological polar surface area (TPSA) is 25.2 Å². The van der Waals surface area contributed by atoms with Crippen LogP contribution in [0.3, 0.4) is 0 Å². The van der Waals surface area contributed by atoms with Crippen molar-refractivity contribution in [3.63, 3.8) is 0 Å². The highest BCUT2D eigenvalue weighted by atomic mass is 16.3. The molecule has 0 fully saturated rings. The van der Waals surface area contributed by atoms with Crippen LogP contribution in [-0.4, -0.2) is 7.05 Å². The van der Waals surface area contributed by atoms with Gasteiger partial charge in [-0.05, 0) is 35.5 Å². The summed E-state index contributed by atoms with van der Waals surface area (Å²) in [5.74, 6) is 2.00. The van der Waals surface area contributed by atoms with E-state index >= 15 is 0 Å². The number of furan rings is 1. The molecule has 0 saturated heterocycles. The van der Waals surface area contributed by atoms with E-state index in [9.17, 15) is 0 Å². The Hall–Kier alpha value is -2.06. The van der Waals surface area contributed by atoms with E-state index < -0.39 is 0 Å². The summed E-state index contributed by atoms with van der Waals surface area (Å²) in [6.45, 7) is 2.11. The van der Waals surface area contributed by atoms with E-state index in [4.69, 9.17) is 4.42 Å². The Kier molecular flexibility index (Phi) is 3.57. The zero-order valence-corrected chi connectivity index (χ0v) is 11.9. The first-order valence-electron chi connectivity index (χ1n) is 7.07. The second kappa shape index (κ2) is 5.51. The average molecular weight is 265 g/mol. The van der Waals surface area contributed by atoms with Crippen molar-refractivity contribution in [1.29, 1.82) is 0 Å². The van der Waals surface area contributed by atoms with Gasteiger partial charge in [0.1, 0.15) is 11.5 Å². The van der Waals surface area contributed by atoms with E-state index in [-0.39, 0.29) is 6.04 Å². The molecule has 1 unspecified atom stereocenters. The van der Waals surface area contributed by atoms with E-state index in [0.29, 0.717) is 0 Å². The summed E-state index contributed by atoms with van der Waals surface area (Å²) in [5, 5.41) is 5.89. The number of benzene rings is 2. The number of hydrogen-bond acceptors (Lipinski definition) is 2. The predicted molar refractivity (Wildman–Crippen MR) is 82.9 cm³/mol. The lowest BCUT2D eigenvalue weighted by atomic mass is 9.97. The van der Waals surface area contributed by atoms with Gasteiger partial charge in [-0.3, -0.25) is 0 Å². The van der Waals surface area contributed by atoms with Crippen LogP contribution < -0.4 is 5.32 Å². The lowest BCUT2D eigenvalue weighted by molar-refractivity contribution is 0.435. The molecular formula is C18H19NO. The Balaban J connectivity index is 2.11. The van der Waals surface area contributed by atoms with Crippen LogP contribution in [0.25, 0.3) is 10.8 Å². The number of aryl methyl sites for hydroxylation is 1. The van der Waals surface area contributed by atoms with Gasteiger partial charge < -0.3 is 9.73 Å². The molecule has 0 spiro atoms. The molecule has 0 saturated carbocycles. The van der Waals surface area contributed by atoms with Crippen molar-refractivity contribution in [1.82, 2.24) is 5.32 Å². The number of hydrogen-bond donors (Lipinski definition) is 1. The second-order valence-electron chi connectivity index (χ2n) is 4.95. The van der Waals surface area contributed by atoms with Crippen LogP contribution in [0, 0.1) is 0 Å². The third-order valence-electron chi connectivity index (χ3n) is 3.74. The van der Waals surface area contributed by atoms with E-state index in [1.54, 1.807) is 0 Å². The van der Waals surface area contributed by atoms with Gasteiger partial charge in [-0.25, -0.2) is 0 Å². The Morgan fingerprint density at radius 1 is 1.00 bits per heavy atom. The predicted octanol–water partition coefficient (Wildman–Crippen LogP) is 4.30. The molecule has 1 N–H and O–H groups in total. The highest BCUT2D eigenvalue weighted by Crippen LogP contribution is 2.29. The van der Waals surface area contributed by atoms with Crippen molar-refractivity contribution in [3.05, 3.63) is 71.7 Å². The maximum absolute atomic E-state index is 5.93. The number of fused-ring (bicyclic) bond motifs is 1. The molecule has 3 rings (SSSR count). The SMILES string of the molecule is CCc1ccc(C(NC)c2cccc3ccccc23)o1. The fourth-order valence-electron chi connectivity index (χ4n) is 2.69. The maximum Gasteiger partial charge on any atom is 0.125 e. The summed E-state index contributed by atoms with van der Waals surface area (Å²) in [6, 6.07) is 19.1. The molecule has 2 aromatic carbocycles. The van der Waals surface area contributed by atoms with Crippen LogP contribution in [0.5, 0.6) is 0 Å². The van der Waals surface area contributed by atoms with Gasteiger partial charge >= 0.3 is 0 Å². The van der Waals surface area contributed by atoms with Crippen LogP contribution in [0.15, 0.2) is 59.0 Å². The molecule has 0 aliphatic heterocycles. The summed E-state index contributed by atoms with van der Waals surface area (Å²) < 4.78 is 5.93. The van der Waals surface area contributed by atoms with E-state index in [1.807, 2.05) is 7.05 Å². The Labute approximate surface area is 119 Å². The quantitative estimate of drug-likeness (QED) is 0.760. The van der Waals surface area contributed by atoms with Crippen LogP contribution in [0.1, 0.15) is 30.0 Å². The lowest BCUT2D eigenvalue weighted by Gasteiger charge is -2.16. The van der Waals surface area contributed by atoms with Gasteiger partial charge in [-0.2, -0.15) is 0 Å². The molecule has 0 aliphatic carbocycles. The smallest absolute Gasteiger partial charge is 0.125 e. The van der Waals surface area contributed by atoms with Crippen molar-refractivity contribution < 1.29 is 4.42 Å². The van der Waals surface area contributed by atoms with Gasteiger partial charge in [0.25, 0.3) is 0 Å². The maximum atomic E-state index is 5.93. The summed E-state index contributed by atoms with van der Waals surface area (Å²) >= 11 is 0. The van der Waals surface area contributed by atoms with Crippen molar-refractivity contribution in [3.8, 4) is 0 Å². The minimum Gasteiger partial charge on any atom is -0.464 e. The average Bonchev–Trinajstić information content (AvgIpc) is 2.97. The minimum absolute atomic E-state index is 0.0846. The highest BCUT2D eigenvalue weighted by Gasteiger charge is 2.17. The Morgan fingerprint density at radius 2 is 1.80 bits per heavy atom. The first-order valence-corrected chi connectivity index (χ1v) is 7.07. The monoisotopic (exact) mass is 265 g/mol. The highest BCUT2D eigenvalue weighted by molar-refractivity contribution is 5.86. The fraction of sp³-hybridized carbons (Fsp3) is 0.222. The molecule has 2 nitrogen and oxygen atoms in total. The van der Waals surface area contributed by atoms with Gasteiger partial charge in [-0.1, -0.05) is 49.4 Å². The zero-order valence-electron chi connectivity index (χ0n) is 11.9. The number of rotatable bonds is 4. The summed E-state index contributed by atoms with van der Waals surface area (Å²) in [4.78, 5) is 0. The molecular weight excluding hydrogens is 246 g/mol. The molecule has 3 aromatic rings. The molecule has 102 valence electrons. The second-order valence-corrected chi connectivity index (χ2v) is 4.95. The molecule has 0 bridgehead atoms. The van der Waals surface area contributed by atoms with Crippen LogP contribution in [-0.2, 0) is 6.42 Å². The lowest BCUT2D eigenvalue weighted by Crippen LogP contribution is -2.17. The molecule has 0 aliphatic rings. The van der Waals surface area contributed by atoms with Crippen LogP contribution >= 0.6 is 0 Å². The third kappa shape index (κ3) is 2.23. The van der Waals surface area contributed by atoms with Crippen LogP contribution in [0.4, 0.5) is 0 Å². The number of nitrogens with one attached hydrogen (secondary N) is 1. The van der Waals surface area contributed by atoms with Crippen LogP contribution in [0.2, 0.25) is 0 Å². The standard InChI is InChI=1S/C18H19NO/c1-3-14-11-12-17(20-14)18(19-2)16-10-6-8-13-7-4-5-9-15(13)16/h4-12,18-19H,3H2,1-2H3. The van der Waals surface area contributed by atoms with Gasteiger partial charge in [0.15, 0.2) is 0 Å². The van der Waals surface area contributed by atoms with E-state index in [0.717, 1.165) is 17.9 Å². The first-order chi connectivity index (χ1) is 9.83. The van der Waals surface area contributed by atoms with Gasteiger partial charge in [0.2, 0.25) is 0 Å². The Morgan fingerprint density at radius 3 is 2.55 bits per heavy atom. The Bertz CT molecular complexity index is 709. The third-order valence-corrected chi connectivity index (χ3v) is 3.74. The summed E-state index contributed by atoms with van der Waals surface area (Å²) in [6.07, 6.45) is 0.923. The van der Waals surface area contributed by atoms with E-state index in [2.05, 4.69) is 66.8 Å². The molecule has 1 heterocycles. The first kappa shape index (κ1) is 12.9. The van der Waals surface area contributed by atoms with Crippen molar-refractivity contribution in [2.24, 2.45) is 0 Å². The zero-order chi connectivity index (χ0) is 13.9. The molecule has 20 heavy (non-hydrogen) atoms. The summed E-state index contributed by atoms with van der Waals surface area (Å²) in [7, 11) is 1.97. The van der Waals surface area contributed by atoms with Crippen molar-refractivity contribution in [2.75, 3.05) is 7.05 Å². The summed E-state index contributed by atoms with van der Waals surface area (Å²) in [5.41, 5.74) is 1.25. The van der Waals surface area contributed by atoms with Gasteiger partial charge in [0, 0.05) is 6.42 Å². The largest absolute Gasteiger partial charge is 0.464 e. The van der Waals surface area contributed by atoms with Crippen molar-refractivity contribution in [2.45, 2.75) is 19.4 Å². The fourth-order valence-corrected chi connectivity index (χ4v) is 2.69. The normalized spacial score (nSPS) is 12.7. The molecule has 1 atom stereocenters. The van der Waals surface area contributed by atoms with Crippen molar-refractivity contribution >= 4 is 10.8 Å². The minimum atomic E-state index is 0.0846. The van der Waals surface area contributed by atoms with Gasteiger partial charge in [-0.15, -0.1) is 0 Å². The van der Waals surface area contributed by atoms with E-state index in [1.165, 1.54) is 16.3 Å². The molecule has 0 amide bonds. The molecule has 0 radical (unpaired) electrons. The molecule has 2 heteroatoms. The molecule has 1 aromatic heterocycles. The van der Waals surface area contributed by atoms with Gasteiger partial charge in [0.05, 0.1) is 6.04 Å².